The Kier molecular flexibility index (Phi) is 12.5. The van der Waals surface area contributed by atoms with Crippen LogP contribution in [0.25, 0.3) is 0 Å². The van der Waals surface area contributed by atoms with E-state index in [9.17, 15) is 9.59 Å². The second-order valence-electron chi connectivity index (χ2n) is 10.5. The normalized spacial score (nSPS) is 20.6. The summed E-state index contributed by atoms with van der Waals surface area (Å²) < 4.78 is 11.5. The number of hydrogen-bond acceptors (Lipinski definition) is 5. The van der Waals surface area contributed by atoms with Crippen molar-refractivity contribution < 1.29 is 19.1 Å². The lowest BCUT2D eigenvalue weighted by Crippen LogP contribution is -2.54. The van der Waals surface area contributed by atoms with Crippen molar-refractivity contribution in [1.82, 2.24) is 10.2 Å². The van der Waals surface area contributed by atoms with Crippen LogP contribution in [-0.4, -0.2) is 54.3 Å². The average Bonchev–Trinajstić information content (AvgIpc) is 2.69. The number of piperidine rings is 1. The maximum atomic E-state index is 13.0. The number of amides is 1. The molecule has 0 saturated carbocycles. The molecule has 182 valence electrons. The van der Waals surface area contributed by atoms with Crippen LogP contribution in [0.15, 0.2) is 0 Å². The van der Waals surface area contributed by atoms with Gasteiger partial charge in [-0.3, -0.25) is 4.79 Å². The molecule has 1 aliphatic rings. The van der Waals surface area contributed by atoms with Gasteiger partial charge in [-0.25, -0.2) is 4.79 Å². The molecular weight excluding hydrogens is 392 g/mol. The summed E-state index contributed by atoms with van der Waals surface area (Å²) in [6, 6.07) is 0.0651. The van der Waals surface area contributed by atoms with Crippen LogP contribution in [0, 0.1) is 11.8 Å². The quantitative estimate of drug-likeness (QED) is 0.319. The third-order valence-corrected chi connectivity index (χ3v) is 5.62. The molecular formula is C25H48N2O4. The number of rotatable bonds is 12. The van der Waals surface area contributed by atoms with Gasteiger partial charge in [0, 0.05) is 19.1 Å². The highest BCUT2D eigenvalue weighted by molar-refractivity contribution is 5.75. The standard InChI is InChI=1S/C25H48N2O4/c1-8-10-11-12-13-14-22(9-2)30-23(28)20-15-21(26-16-19(3)4)18-27(17-20)24(29)31-25(5,6)7/h19-22,26H,8-18H2,1-7H3/t20-,21+,22?/m1/s1. The minimum atomic E-state index is -0.559. The molecule has 1 N–H and O–H groups in total. The summed E-state index contributed by atoms with van der Waals surface area (Å²) in [4.78, 5) is 27.4. The molecule has 0 spiro atoms. The molecule has 0 bridgehead atoms. The summed E-state index contributed by atoms with van der Waals surface area (Å²) >= 11 is 0. The maximum absolute atomic E-state index is 13.0. The van der Waals surface area contributed by atoms with Gasteiger partial charge in [0.05, 0.1) is 5.92 Å². The van der Waals surface area contributed by atoms with Gasteiger partial charge in [-0.2, -0.15) is 0 Å². The molecule has 1 amide bonds. The van der Waals surface area contributed by atoms with Gasteiger partial charge in [0.1, 0.15) is 11.7 Å². The number of carbonyl (C=O) groups excluding carboxylic acids is 2. The Morgan fingerprint density at radius 2 is 1.74 bits per heavy atom. The van der Waals surface area contributed by atoms with Crippen molar-refractivity contribution in [2.75, 3.05) is 19.6 Å². The van der Waals surface area contributed by atoms with E-state index in [2.05, 4.69) is 33.0 Å². The molecule has 0 aromatic rings. The first-order valence-corrected chi connectivity index (χ1v) is 12.5. The number of nitrogens with zero attached hydrogens (tertiary/aromatic N) is 1. The molecule has 3 atom stereocenters. The van der Waals surface area contributed by atoms with Crippen molar-refractivity contribution in [2.24, 2.45) is 11.8 Å². The van der Waals surface area contributed by atoms with Crippen LogP contribution in [-0.2, 0) is 14.3 Å². The summed E-state index contributed by atoms with van der Waals surface area (Å²) in [6.45, 7) is 15.9. The smallest absolute Gasteiger partial charge is 0.410 e. The fraction of sp³-hybridized carbons (Fsp3) is 0.920. The van der Waals surface area contributed by atoms with Crippen LogP contribution in [0.4, 0.5) is 4.79 Å². The SMILES string of the molecule is CCCCCCCC(CC)OC(=O)[C@@H]1C[C@H](NCC(C)C)CN(C(=O)OC(C)(C)C)C1. The van der Waals surface area contributed by atoms with Gasteiger partial charge in [-0.05, 0) is 58.9 Å². The third kappa shape index (κ3) is 11.8. The number of likely N-dealkylation sites (tertiary alicyclic amines) is 1. The van der Waals surface area contributed by atoms with Crippen LogP contribution in [0.3, 0.4) is 0 Å². The van der Waals surface area contributed by atoms with E-state index in [-0.39, 0.29) is 30.1 Å². The largest absolute Gasteiger partial charge is 0.462 e. The van der Waals surface area contributed by atoms with Crippen LogP contribution >= 0.6 is 0 Å². The van der Waals surface area contributed by atoms with Crippen molar-refractivity contribution in [2.45, 2.75) is 118 Å². The Morgan fingerprint density at radius 3 is 2.32 bits per heavy atom. The maximum Gasteiger partial charge on any atom is 0.410 e. The highest BCUT2D eigenvalue weighted by Crippen LogP contribution is 2.23. The third-order valence-electron chi connectivity index (χ3n) is 5.62. The van der Waals surface area contributed by atoms with Crippen molar-refractivity contribution >= 4 is 12.1 Å². The zero-order chi connectivity index (χ0) is 23.4. The first kappa shape index (κ1) is 27.7. The molecule has 1 unspecified atom stereocenters. The molecule has 1 rings (SSSR count). The fourth-order valence-electron chi connectivity index (χ4n) is 3.88. The highest BCUT2D eigenvalue weighted by Gasteiger charge is 2.37. The zero-order valence-electron chi connectivity index (χ0n) is 21.2. The van der Waals surface area contributed by atoms with Gasteiger partial charge in [0.25, 0.3) is 0 Å². The number of carbonyl (C=O) groups is 2. The van der Waals surface area contributed by atoms with Crippen LogP contribution in [0.2, 0.25) is 0 Å². The molecule has 1 saturated heterocycles. The molecule has 6 heteroatoms. The summed E-state index contributed by atoms with van der Waals surface area (Å²) in [6.07, 6.45) is 8.09. The van der Waals surface area contributed by atoms with Gasteiger partial charge in [0.2, 0.25) is 0 Å². The van der Waals surface area contributed by atoms with Crippen molar-refractivity contribution in [1.29, 1.82) is 0 Å². The summed E-state index contributed by atoms with van der Waals surface area (Å²) in [5, 5.41) is 3.52. The molecule has 1 aliphatic heterocycles. The minimum Gasteiger partial charge on any atom is -0.462 e. The van der Waals surface area contributed by atoms with E-state index < -0.39 is 5.60 Å². The van der Waals surface area contributed by atoms with E-state index in [0.29, 0.717) is 25.4 Å². The van der Waals surface area contributed by atoms with E-state index in [1.807, 2.05) is 20.8 Å². The molecule has 1 heterocycles. The van der Waals surface area contributed by atoms with Gasteiger partial charge in [-0.15, -0.1) is 0 Å². The van der Waals surface area contributed by atoms with E-state index in [0.717, 1.165) is 25.8 Å². The number of esters is 1. The summed E-state index contributed by atoms with van der Waals surface area (Å²) in [5.74, 6) is 0.00423. The Labute approximate surface area is 190 Å². The molecule has 0 aromatic carbocycles. The number of ether oxygens (including phenoxy) is 2. The van der Waals surface area contributed by atoms with Crippen molar-refractivity contribution in [3.63, 3.8) is 0 Å². The van der Waals surface area contributed by atoms with Crippen molar-refractivity contribution in [3.8, 4) is 0 Å². The number of nitrogens with one attached hydrogen (secondary N) is 1. The number of unbranched alkanes of at least 4 members (excludes halogenated alkanes) is 4. The molecule has 1 fully saturated rings. The minimum absolute atomic E-state index is 0.0342. The average molecular weight is 441 g/mol. The topological polar surface area (TPSA) is 67.9 Å². The van der Waals surface area contributed by atoms with Gasteiger partial charge >= 0.3 is 12.1 Å². The molecule has 31 heavy (non-hydrogen) atoms. The summed E-state index contributed by atoms with van der Waals surface area (Å²) in [5.41, 5.74) is -0.559. The molecule has 0 aromatic heterocycles. The Balaban J connectivity index is 2.71. The Morgan fingerprint density at radius 1 is 1.06 bits per heavy atom. The lowest BCUT2D eigenvalue weighted by Gasteiger charge is -2.38. The van der Waals surface area contributed by atoms with Crippen molar-refractivity contribution in [3.05, 3.63) is 0 Å². The fourth-order valence-corrected chi connectivity index (χ4v) is 3.88. The van der Waals surface area contributed by atoms with E-state index in [1.54, 1.807) is 4.90 Å². The lowest BCUT2D eigenvalue weighted by molar-refractivity contribution is -0.156. The first-order chi connectivity index (χ1) is 14.6. The van der Waals surface area contributed by atoms with E-state index >= 15 is 0 Å². The van der Waals surface area contributed by atoms with E-state index in [1.165, 1.54) is 25.7 Å². The zero-order valence-corrected chi connectivity index (χ0v) is 21.2. The van der Waals surface area contributed by atoms with Crippen LogP contribution in [0.5, 0.6) is 0 Å². The van der Waals surface area contributed by atoms with Gasteiger partial charge in [0.15, 0.2) is 0 Å². The molecule has 0 aliphatic carbocycles. The number of hydrogen-bond donors (Lipinski definition) is 1. The molecule has 6 nitrogen and oxygen atoms in total. The second-order valence-corrected chi connectivity index (χ2v) is 10.5. The Hall–Kier alpha value is -1.30. The molecule has 0 radical (unpaired) electrons. The predicted octanol–water partition coefficient (Wildman–Crippen LogP) is 5.54. The highest BCUT2D eigenvalue weighted by atomic mass is 16.6. The lowest BCUT2D eigenvalue weighted by atomic mass is 9.94. The first-order valence-electron chi connectivity index (χ1n) is 12.5. The Bertz CT molecular complexity index is 530. The summed E-state index contributed by atoms with van der Waals surface area (Å²) in [7, 11) is 0. The second kappa shape index (κ2) is 14.0. The van der Waals surface area contributed by atoms with Crippen LogP contribution < -0.4 is 5.32 Å². The van der Waals surface area contributed by atoms with E-state index in [4.69, 9.17) is 9.47 Å². The van der Waals surface area contributed by atoms with Gasteiger partial charge in [-0.1, -0.05) is 53.4 Å². The predicted molar refractivity (Wildman–Crippen MR) is 126 cm³/mol. The van der Waals surface area contributed by atoms with Gasteiger partial charge < -0.3 is 19.7 Å². The monoisotopic (exact) mass is 440 g/mol. The van der Waals surface area contributed by atoms with Crippen LogP contribution in [0.1, 0.15) is 99.8 Å².